The molecule has 176 valence electrons. The lowest BCUT2D eigenvalue weighted by Gasteiger charge is -2.12. The molecule has 1 aliphatic rings. The molecule has 9 heteroatoms. The van der Waals surface area contributed by atoms with Crippen molar-refractivity contribution in [3.05, 3.63) is 60.5 Å². The molecule has 5 rings (SSSR count). The number of sulfone groups is 1. The number of nitrogens with one attached hydrogen (secondary N) is 1. The van der Waals surface area contributed by atoms with Crippen molar-refractivity contribution in [1.29, 1.82) is 0 Å². The molecule has 0 unspecified atom stereocenters. The normalized spacial score (nSPS) is 14.8. The number of carbonyl (C=O) groups excluding carboxylic acids is 1. The number of anilines is 1. The third kappa shape index (κ3) is 4.00. The number of fused-ring (bicyclic) bond motifs is 1. The van der Waals surface area contributed by atoms with Gasteiger partial charge in [0, 0.05) is 11.7 Å². The summed E-state index contributed by atoms with van der Waals surface area (Å²) in [5.41, 5.74) is 2.04. The second-order valence-electron chi connectivity index (χ2n) is 8.88. The SMILES string of the molecule is CC(C)n1ncc2c(C(=O)Nc3ccc(S(=O)(=O)C4CCCC4)cc3)cc(-c3ccco3)nc21. The highest BCUT2D eigenvalue weighted by molar-refractivity contribution is 7.92. The van der Waals surface area contributed by atoms with Crippen molar-refractivity contribution in [1.82, 2.24) is 14.8 Å². The van der Waals surface area contributed by atoms with Crippen LogP contribution in [0.15, 0.2) is 64.2 Å². The number of rotatable bonds is 6. The Labute approximate surface area is 197 Å². The van der Waals surface area contributed by atoms with E-state index in [2.05, 4.69) is 15.4 Å². The van der Waals surface area contributed by atoms with Crippen LogP contribution in [0.3, 0.4) is 0 Å². The highest BCUT2D eigenvalue weighted by Crippen LogP contribution is 2.31. The number of hydrogen-bond donors (Lipinski definition) is 1. The maximum atomic E-state index is 13.3. The largest absolute Gasteiger partial charge is 0.463 e. The van der Waals surface area contributed by atoms with Gasteiger partial charge >= 0.3 is 0 Å². The summed E-state index contributed by atoms with van der Waals surface area (Å²) in [4.78, 5) is 18.3. The number of pyridine rings is 1. The Bertz CT molecular complexity index is 1430. The average Bonchev–Trinajstić information content (AvgIpc) is 3.60. The molecule has 1 aromatic carbocycles. The second kappa shape index (κ2) is 8.72. The van der Waals surface area contributed by atoms with Crippen LogP contribution in [0.5, 0.6) is 0 Å². The predicted octanol–water partition coefficient (Wildman–Crippen LogP) is 5.24. The third-order valence-electron chi connectivity index (χ3n) is 6.26. The van der Waals surface area contributed by atoms with Gasteiger partial charge in [-0.2, -0.15) is 5.10 Å². The molecule has 0 bridgehead atoms. The molecule has 3 aromatic heterocycles. The van der Waals surface area contributed by atoms with Gasteiger partial charge in [-0.15, -0.1) is 0 Å². The summed E-state index contributed by atoms with van der Waals surface area (Å²) in [6, 6.07) is 11.7. The first-order chi connectivity index (χ1) is 16.3. The summed E-state index contributed by atoms with van der Waals surface area (Å²) >= 11 is 0. The van der Waals surface area contributed by atoms with Gasteiger partial charge in [-0.05, 0) is 69.2 Å². The third-order valence-corrected chi connectivity index (χ3v) is 8.53. The molecule has 0 aliphatic heterocycles. The molecule has 0 atom stereocenters. The Morgan fingerprint density at radius 3 is 2.53 bits per heavy atom. The Morgan fingerprint density at radius 2 is 1.88 bits per heavy atom. The first-order valence-electron chi connectivity index (χ1n) is 11.4. The van der Waals surface area contributed by atoms with Gasteiger partial charge in [-0.1, -0.05) is 12.8 Å². The van der Waals surface area contributed by atoms with Crippen molar-refractivity contribution in [3.8, 4) is 11.5 Å². The van der Waals surface area contributed by atoms with E-state index in [0.29, 0.717) is 51.5 Å². The number of nitrogens with zero attached hydrogens (tertiary/aromatic N) is 3. The van der Waals surface area contributed by atoms with Crippen LogP contribution >= 0.6 is 0 Å². The highest BCUT2D eigenvalue weighted by atomic mass is 32.2. The minimum Gasteiger partial charge on any atom is -0.463 e. The number of carbonyl (C=O) groups is 1. The molecule has 3 heterocycles. The predicted molar refractivity (Wildman–Crippen MR) is 129 cm³/mol. The molecule has 0 saturated heterocycles. The Balaban J connectivity index is 1.46. The minimum absolute atomic E-state index is 0.0575. The molecule has 1 saturated carbocycles. The van der Waals surface area contributed by atoms with E-state index in [1.54, 1.807) is 59.6 Å². The maximum Gasteiger partial charge on any atom is 0.256 e. The zero-order chi connectivity index (χ0) is 23.9. The molecule has 1 aliphatic carbocycles. The van der Waals surface area contributed by atoms with Crippen molar-refractivity contribution in [2.45, 2.75) is 55.7 Å². The Kier molecular flexibility index (Phi) is 5.73. The van der Waals surface area contributed by atoms with Crippen LogP contribution in [-0.2, 0) is 9.84 Å². The van der Waals surface area contributed by atoms with E-state index >= 15 is 0 Å². The van der Waals surface area contributed by atoms with Gasteiger partial charge in [-0.3, -0.25) is 4.79 Å². The van der Waals surface area contributed by atoms with Gasteiger partial charge in [0.25, 0.3) is 5.91 Å². The van der Waals surface area contributed by atoms with Crippen molar-refractivity contribution >= 4 is 32.5 Å². The van der Waals surface area contributed by atoms with Crippen molar-refractivity contribution < 1.29 is 17.6 Å². The van der Waals surface area contributed by atoms with Crippen LogP contribution in [0, 0.1) is 0 Å². The standard InChI is InChI=1S/C25H26N4O4S/c1-16(2)29-24-21(15-26-29)20(14-22(28-24)23-8-5-13-33-23)25(30)27-17-9-11-19(12-10-17)34(31,32)18-6-3-4-7-18/h5,8-16,18H,3-4,6-7H2,1-2H3,(H,27,30). The lowest BCUT2D eigenvalue weighted by atomic mass is 10.1. The van der Waals surface area contributed by atoms with Crippen LogP contribution < -0.4 is 5.32 Å². The van der Waals surface area contributed by atoms with Gasteiger partial charge in [0.2, 0.25) is 0 Å². The summed E-state index contributed by atoms with van der Waals surface area (Å²) in [5.74, 6) is 0.212. The smallest absolute Gasteiger partial charge is 0.256 e. The first-order valence-corrected chi connectivity index (χ1v) is 13.0. The van der Waals surface area contributed by atoms with Crippen LogP contribution in [0.2, 0.25) is 0 Å². The highest BCUT2D eigenvalue weighted by Gasteiger charge is 2.30. The number of hydrogen-bond acceptors (Lipinski definition) is 6. The topological polar surface area (TPSA) is 107 Å². The zero-order valence-corrected chi connectivity index (χ0v) is 19.9. The van der Waals surface area contributed by atoms with Gasteiger partial charge in [0.1, 0.15) is 5.69 Å². The van der Waals surface area contributed by atoms with Gasteiger partial charge in [0.15, 0.2) is 21.2 Å². The zero-order valence-electron chi connectivity index (χ0n) is 19.1. The van der Waals surface area contributed by atoms with Gasteiger partial charge in [0.05, 0.1) is 33.6 Å². The van der Waals surface area contributed by atoms with Crippen molar-refractivity contribution in [3.63, 3.8) is 0 Å². The summed E-state index contributed by atoms with van der Waals surface area (Å²) in [5, 5.41) is 7.62. The molecule has 0 radical (unpaired) electrons. The molecule has 1 fully saturated rings. The quantitative estimate of drug-likeness (QED) is 0.406. The van der Waals surface area contributed by atoms with E-state index in [9.17, 15) is 13.2 Å². The van der Waals surface area contributed by atoms with E-state index < -0.39 is 9.84 Å². The first kappa shape index (κ1) is 22.3. The summed E-state index contributed by atoms with van der Waals surface area (Å²) < 4.78 is 32.9. The fraction of sp³-hybridized carbons (Fsp3) is 0.320. The molecule has 8 nitrogen and oxygen atoms in total. The monoisotopic (exact) mass is 478 g/mol. The van der Waals surface area contributed by atoms with E-state index in [-0.39, 0.29) is 17.2 Å². The Morgan fingerprint density at radius 1 is 1.15 bits per heavy atom. The number of benzene rings is 1. The van der Waals surface area contributed by atoms with E-state index in [4.69, 9.17) is 4.42 Å². The van der Waals surface area contributed by atoms with Crippen molar-refractivity contribution in [2.24, 2.45) is 0 Å². The molecule has 1 amide bonds. The lowest BCUT2D eigenvalue weighted by Crippen LogP contribution is -2.18. The lowest BCUT2D eigenvalue weighted by molar-refractivity contribution is 0.102. The molecule has 4 aromatic rings. The summed E-state index contributed by atoms with van der Waals surface area (Å²) in [7, 11) is -3.34. The fourth-order valence-electron chi connectivity index (χ4n) is 4.45. The van der Waals surface area contributed by atoms with E-state index in [1.165, 1.54) is 0 Å². The summed E-state index contributed by atoms with van der Waals surface area (Å²) in [6.07, 6.45) is 6.52. The summed E-state index contributed by atoms with van der Waals surface area (Å²) in [6.45, 7) is 3.99. The molecular formula is C25H26N4O4S. The fourth-order valence-corrected chi connectivity index (χ4v) is 6.31. The number of amides is 1. The van der Waals surface area contributed by atoms with E-state index in [1.807, 2.05) is 13.8 Å². The second-order valence-corrected chi connectivity index (χ2v) is 11.1. The Hall–Kier alpha value is -3.46. The maximum absolute atomic E-state index is 13.3. The molecular weight excluding hydrogens is 452 g/mol. The average molecular weight is 479 g/mol. The van der Waals surface area contributed by atoms with Crippen LogP contribution in [0.25, 0.3) is 22.5 Å². The van der Waals surface area contributed by atoms with Crippen LogP contribution in [0.1, 0.15) is 55.9 Å². The molecule has 34 heavy (non-hydrogen) atoms. The van der Waals surface area contributed by atoms with Crippen LogP contribution in [0.4, 0.5) is 5.69 Å². The van der Waals surface area contributed by atoms with Crippen molar-refractivity contribution in [2.75, 3.05) is 5.32 Å². The minimum atomic E-state index is -3.34. The number of furan rings is 1. The molecule has 1 N–H and O–H groups in total. The van der Waals surface area contributed by atoms with E-state index in [0.717, 1.165) is 12.8 Å². The van der Waals surface area contributed by atoms with Gasteiger partial charge in [-0.25, -0.2) is 18.1 Å². The number of aromatic nitrogens is 3. The molecule has 0 spiro atoms. The van der Waals surface area contributed by atoms with Gasteiger partial charge < -0.3 is 9.73 Å². The van der Waals surface area contributed by atoms with Crippen LogP contribution in [-0.4, -0.2) is 34.3 Å².